The summed E-state index contributed by atoms with van der Waals surface area (Å²) >= 11 is 0. The molecule has 0 amide bonds. The lowest BCUT2D eigenvalue weighted by molar-refractivity contribution is 0.0696. The SMILES string of the molecule is Cc1cc(C)c(C(=O)O)c(NCC(C)CN2CCCC2)n1. The largest absolute Gasteiger partial charge is 0.478 e. The Kier molecular flexibility index (Phi) is 5.17. The van der Waals surface area contributed by atoms with Crippen LogP contribution in [-0.4, -0.2) is 47.1 Å². The lowest BCUT2D eigenvalue weighted by Crippen LogP contribution is -2.29. The van der Waals surface area contributed by atoms with Crippen molar-refractivity contribution in [1.29, 1.82) is 0 Å². The van der Waals surface area contributed by atoms with E-state index in [1.54, 1.807) is 0 Å². The van der Waals surface area contributed by atoms with Gasteiger partial charge in [-0.2, -0.15) is 0 Å². The molecule has 5 heteroatoms. The minimum absolute atomic E-state index is 0.286. The number of likely N-dealkylation sites (tertiary alicyclic amines) is 1. The van der Waals surface area contributed by atoms with Crippen LogP contribution >= 0.6 is 0 Å². The summed E-state index contributed by atoms with van der Waals surface area (Å²) in [6.07, 6.45) is 2.59. The van der Waals surface area contributed by atoms with E-state index in [4.69, 9.17) is 0 Å². The third kappa shape index (κ3) is 4.17. The van der Waals surface area contributed by atoms with Crippen LogP contribution in [0.4, 0.5) is 5.82 Å². The van der Waals surface area contributed by atoms with E-state index >= 15 is 0 Å². The average Bonchev–Trinajstić information content (AvgIpc) is 2.87. The van der Waals surface area contributed by atoms with Crippen molar-refractivity contribution in [2.24, 2.45) is 5.92 Å². The Morgan fingerprint density at radius 3 is 2.71 bits per heavy atom. The monoisotopic (exact) mass is 291 g/mol. The number of carboxylic acids is 1. The number of anilines is 1. The highest BCUT2D eigenvalue weighted by atomic mass is 16.4. The molecule has 1 aromatic heterocycles. The summed E-state index contributed by atoms with van der Waals surface area (Å²) < 4.78 is 0. The number of hydrogen-bond donors (Lipinski definition) is 2. The molecule has 1 fully saturated rings. The molecule has 1 atom stereocenters. The number of nitrogens with one attached hydrogen (secondary N) is 1. The fourth-order valence-electron chi connectivity index (χ4n) is 2.98. The summed E-state index contributed by atoms with van der Waals surface area (Å²) in [5.74, 6) is 0.0373. The zero-order valence-corrected chi connectivity index (χ0v) is 13.1. The van der Waals surface area contributed by atoms with Crippen molar-refractivity contribution in [2.45, 2.75) is 33.6 Å². The molecule has 2 N–H and O–H groups in total. The van der Waals surface area contributed by atoms with Crippen LogP contribution in [0, 0.1) is 19.8 Å². The van der Waals surface area contributed by atoms with Gasteiger partial charge in [0, 0.05) is 18.8 Å². The highest BCUT2D eigenvalue weighted by Gasteiger charge is 2.18. The van der Waals surface area contributed by atoms with Crippen LogP contribution in [-0.2, 0) is 0 Å². The van der Waals surface area contributed by atoms with Crippen LogP contribution in [0.2, 0.25) is 0 Å². The number of pyridine rings is 1. The van der Waals surface area contributed by atoms with Crippen LogP contribution < -0.4 is 5.32 Å². The summed E-state index contributed by atoms with van der Waals surface area (Å²) in [5, 5.41) is 12.6. The van der Waals surface area contributed by atoms with E-state index in [0.29, 0.717) is 11.7 Å². The van der Waals surface area contributed by atoms with Crippen LogP contribution in [0.1, 0.15) is 41.4 Å². The fourth-order valence-corrected chi connectivity index (χ4v) is 2.98. The maximum Gasteiger partial charge on any atom is 0.339 e. The van der Waals surface area contributed by atoms with Gasteiger partial charge in [0.25, 0.3) is 0 Å². The van der Waals surface area contributed by atoms with Crippen LogP contribution in [0.3, 0.4) is 0 Å². The Hall–Kier alpha value is -1.62. The van der Waals surface area contributed by atoms with Crippen molar-refractivity contribution in [3.8, 4) is 0 Å². The Morgan fingerprint density at radius 2 is 2.10 bits per heavy atom. The molecule has 2 heterocycles. The molecule has 1 aliphatic heterocycles. The average molecular weight is 291 g/mol. The molecular formula is C16H25N3O2. The zero-order valence-electron chi connectivity index (χ0n) is 13.1. The third-order valence-electron chi connectivity index (χ3n) is 3.95. The number of carboxylic acid groups (broad SMARTS) is 1. The first-order valence-corrected chi connectivity index (χ1v) is 7.65. The highest BCUT2D eigenvalue weighted by Crippen LogP contribution is 2.19. The topological polar surface area (TPSA) is 65.5 Å². The second kappa shape index (κ2) is 6.89. The second-order valence-corrected chi connectivity index (χ2v) is 6.10. The van der Waals surface area contributed by atoms with Crippen molar-refractivity contribution >= 4 is 11.8 Å². The first-order chi connectivity index (χ1) is 9.97. The minimum Gasteiger partial charge on any atom is -0.478 e. The first-order valence-electron chi connectivity index (χ1n) is 7.65. The number of carbonyl (C=O) groups is 1. The van der Waals surface area contributed by atoms with E-state index in [-0.39, 0.29) is 5.56 Å². The molecule has 1 saturated heterocycles. The van der Waals surface area contributed by atoms with Gasteiger partial charge in [0.15, 0.2) is 0 Å². The van der Waals surface area contributed by atoms with Gasteiger partial charge in [0.05, 0.1) is 0 Å². The smallest absolute Gasteiger partial charge is 0.339 e. The number of aryl methyl sites for hydroxylation is 2. The summed E-state index contributed by atoms with van der Waals surface area (Å²) in [6.45, 7) is 10.1. The van der Waals surface area contributed by atoms with E-state index in [1.807, 2.05) is 19.9 Å². The summed E-state index contributed by atoms with van der Waals surface area (Å²) in [6, 6.07) is 1.81. The molecule has 1 aromatic rings. The van der Waals surface area contributed by atoms with Gasteiger partial charge in [-0.1, -0.05) is 6.92 Å². The lowest BCUT2D eigenvalue weighted by Gasteiger charge is -2.21. The summed E-state index contributed by atoms with van der Waals surface area (Å²) in [4.78, 5) is 18.2. The maximum atomic E-state index is 11.4. The van der Waals surface area contributed by atoms with Gasteiger partial charge < -0.3 is 15.3 Å². The van der Waals surface area contributed by atoms with E-state index < -0.39 is 5.97 Å². The predicted octanol–water partition coefficient (Wildman–Crippen LogP) is 2.54. The standard InChI is InChI=1S/C16H25N3O2/c1-11(10-19-6-4-5-7-19)9-17-15-14(16(20)21)12(2)8-13(3)18-15/h8,11H,4-7,9-10H2,1-3H3,(H,17,18)(H,20,21). The van der Waals surface area contributed by atoms with E-state index in [0.717, 1.165) is 24.3 Å². The molecule has 0 bridgehead atoms. The molecular weight excluding hydrogens is 266 g/mol. The number of aromatic carboxylic acids is 1. The molecule has 1 aliphatic rings. The Bertz CT molecular complexity index is 510. The van der Waals surface area contributed by atoms with Gasteiger partial charge in [0.2, 0.25) is 0 Å². The molecule has 0 aromatic carbocycles. The quantitative estimate of drug-likeness (QED) is 0.843. The molecule has 116 valence electrons. The normalized spacial score (nSPS) is 16.9. The molecule has 0 radical (unpaired) electrons. The fraction of sp³-hybridized carbons (Fsp3) is 0.625. The zero-order chi connectivity index (χ0) is 15.4. The van der Waals surface area contributed by atoms with Gasteiger partial charge in [-0.25, -0.2) is 9.78 Å². The van der Waals surface area contributed by atoms with Gasteiger partial charge in [-0.05, 0) is 57.3 Å². The number of hydrogen-bond acceptors (Lipinski definition) is 4. The van der Waals surface area contributed by atoms with Gasteiger partial charge in [-0.15, -0.1) is 0 Å². The molecule has 21 heavy (non-hydrogen) atoms. The number of rotatable bonds is 6. The molecule has 2 rings (SSSR count). The highest BCUT2D eigenvalue weighted by molar-refractivity contribution is 5.94. The molecule has 0 aliphatic carbocycles. The Labute approximate surface area is 126 Å². The Morgan fingerprint density at radius 1 is 1.43 bits per heavy atom. The third-order valence-corrected chi connectivity index (χ3v) is 3.95. The summed E-state index contributed by atoms with van der Waals surface area (Å²) in [5.41, 5.74) is 1.88. The van der Waals surface area contributed by atoms with Crippen molar-refractivity contribution < 1.29 is 9.90 Å². The summed E-state index contributed by atoms with van der Waals surface area (Å²) in [7, 11) is 0. The molecule has 1 unspecified atom stereocenters. The maximum absolute atomic E-state index is 11.4. The predicted molar refractivity (Wildman–Crippen MR) is 84.0 cm³/mol. The first kappa shape index (κ1) is 15.8. The minimum atomic E-state index is -0.922. The van der Waals surface area contributed by atoms with Crippen LogP contribution in [0.25, 0.3) is 0 Å². The number of aromatic nitrogens is 1. The van der Waals surface area contributed by atoms with Crippen molar-refractivity contribution in [3.05, 3.63) is 22.9 Å². The second-order valence-electron chi connectivity index (χ2n) is 6.10. The van der Waals surface area contributed by atoms with Crippen molar-refractivity contribution in [2.75, 3.05) is 31.5 Å². The van der Waals surface area contributed by atoms with Crippen molar-refractivity contribution in [3.63, 3.8) is 0 Å². The van der Waals surface area contributed by atoms with Crippen LogP contribution in [0.5, 0.6) is 0 Å². The van der Waals surface area contributed by atoms with E-state index in [1.165, 1.54) is 25.9 Å². The van der Waals surface area contributed by atoms with E-state index in [9.17, 15) is 9.90 Å². The van der Waals surface area contributed by atoms with Gasteiger partial charge >= 0.3 is 5.97 Å². The van der Waals surface area contributed by atoms with Crippen LogP contribution in [0.15, 0.2) is 6.07 Å². The van der Waals surface area contributed by atoms with Crippen molar-refractivity contribution in [1.82, 2.24) is 9.88 Å². The van der Waals surface area contributed by atoms with Gasteiger partial charge in [-0.3, -0.25) is 0 Å². The Balaban J connectivity index is 2.00. The van der Waals surface area contributed by atoms with Gasteiger partial charge in [0.1, 0.15) is 11.4 Å². The number of nitrogens with zero attached hydrogens (tertiary/aromatic N) is 2. The van der Waals surface area contributed by atoms with E-state index in [2.05, 4.69) is 22.1 Å². The molecule has 0 spiro atoms. The lowest BCUT2D eigenvalue weighted by atomic mass is 10.1. The molecule has 5 nitrogen and oxygen atoms in total. The molecule has 0 saturated carbocycles.